The molecule has 3 N–H and O–H groups in total. The van der Waals surface area contributed by atoms with Crippen molar-refractivity contribution in [1.29, 1.82) is 0 Å². The van der Waals surface area contributed by atoms with Crippen molar-refractivity contribution in [2.45, 2.75) is 122 Å². The minimum atomic E-state index is -0.470. The van der Waals surface area contributed by atoms with Crippen LogP contribution >= 0.6 is 0 Å². The molecule has 1 unspecified atom stereocenters. The molecule has 5 atom stereocenters. The van der Waals surface area contributed by atoms with Gasteiger partial charge in [0.25, 0.3) is 0 Å². The molecule has 200 valence electrons. The summed E-state index contributed by atoms with van der Waals surface area (Å²) in [6, 6.07) is 0. The lowest BCUT2D eigenvalue weighted by Crippen LogP contribution is -2.32. The molecular weight excluding hydrogens is 432 g/mol. The summed E-state index contributed by atoms with van der Waals surface area (Å²) >= 11 is 0. The predicted molar refractivity (Wildman–Crippen MR) is 135 cm³/mol. The molecule has 1 saturated carbocycles. The van der Waals surface area contributed by atoms with Crippen LogP contribution in [0.1, 0.15) is 104 Å². The smallest absolute Gasteiger partial charge is 0.168 e. The molecule has 0 radical (unpaired) electrons. The Labute approximate surface area is 208 Å². The van der Waals surface area contributed by atoms with E-state index in [4.69, 9.17) is 14.7 Å². The van der Waals surface area contributed by atoms with Crippen LogP contribution in [0.5, 0.6) is 0 Å². The van der Waals surface area contributed by atoms with Gasteiger partial charge >= 0.3 is 0 Å². The molecule has 0 aromatic rings. The first-order valence-corrected chi connectivity index (χ1v) is 14.0. The van der Waals surface area contributed by atoms with E-state index in [2.05, 4.69) is 24.0 Å². The van der Waals surface area contributed by atoms with Crippen molar-refractivity contribution in [2.24, 2.45) is 23.7 Å². The van der Waals surface area contributed by atoms with E-state index in [-0.39, 0.29) is 36.6 Å². The Morgan fingerprint density at radius 1 is 1.00 bits per heavy atom. The maximum absolute atomic E-state index is 10.8. The van der Waals surface area contributed by atoms with Crippen molar-refractivity contribution in [3.05, 3.63) is 12.2 Å². The van der Waals surface area contributed by atoms with E-state index in [1.807, 2.05) is 13.8 Å². The van der Waals surface area contributed by atoms with E-state index >= 15 is 0 Å². The van der Waals surface area contributed by atoms with Gasteiger partial charge in [-0.3, -0.25) is 5.26 Å². The Balaban J connectivity index is 1.84. The van der Waals surface area contributed by atoms with E-state index in [1.165, 1.54) is 25.7 Å². The second-order valence-corrected chi connectivity index (χ2v) is 10.9. The summed E-state index contributed by atoms with van der Waals surface area (Å²) in [4.78, 5) is 4.57. The second kappa shape index (κ2) is 16.3. The predicted octanol–water partition coefficient (Wildman–Crippen LogP) is 6.11. The summed E-state index contributed by atoms with van der Waals surface area (Å²) in [5.41, 5.74) is 0. The Morgan fingerprint density at radius 2 is 1.74 bits per heavy atom. The third-order valence-corrected chi connectivity index (χ3v) is 8.08. The molecule has 0 aromatic carbocycles. The number of aliphatic hydroxyl groups excluding tert-OH is 2. The Morgan fingerprint density at radius 3 is 2.38 bits per heavy atom. The van der Waals surface area contributed by atoms with Crippen molar-refractivity contribution in [1.82, 2.24) is 0 Å². The quantitative estimate of drug-likeness (QED) is 0.0942. The molecule has 0 spiro atoms. The number of unbranched alkanes of at least 4 members (excludes halogenated alkanes) is 5. The number of hydrogen-bond acceptors (Lipinski definition) is 6. The Hall–Kier alpha value is -0.500. The van der Waals surface area contributed by atoms with Gasteiger partial charge in [-0.2, -0.15) is 0 Å². The molecule has 0 bridgehead atoms. The highest BCUT2D eigenvalue weighted by molar-refractivity contribution is 4.96. The highest BCUT2D eigenvalue weighted by Crippen LogP contribution is 2.44. The van der Waals surface area contributed by atoms with Crippen molar-refractivity contribution >= 4 is 0 Å². The van der Waals surface area contributed by atoms with E-state index < -0.39 is 5.79 Å². The van der Waals surface area contributed by atoms with E-state index in [0.29, 0.717) is 25.6 Å². The lowest BCUT2D eigenvalue weighted by atomic mass is 9.82. The van der Waals surface area contributed by atoms with Crippen LogP contribution in [-0.4, -0.2) is 53.3 Å². The number of hydrogen-bond donors (Lipinski definition) is 3. The van der Waals surface area contributed by atoms with Gasteiger partial charge in [-0.15, -0.1) is 0 Å². The molecule has 2 rings (SSSR count). The second-order valence-electron chi connectivity index (χ2n) is 10.9. The molecule has 1 heterocycles. The average molecular weight is 485 g/mol. The Bertz CT molecular complexity index is 545. The van der Waals surface area contributed by atoms with Gasteiger partial charge in [0.1, 0.15) is 0 Å². The summed E-state index contributed by atoms with van der Waals surface area (Å²) in [5.74, 6) is 0.418. The van der Waals surface area contributed by atoms with Crippen molar-refractivity contribution in [3.63, 3.8) is 0 Å². The third-order valence-electron chi connectivity index (χ3n) is 8.08. The fourth-order valence-electron chi connectivity index (χ4n) is 5.90. The summed E-state index contributed by atoms with van der Waals surface area (Å²) in [6.45, 7) is 7.79. The first kappa shape index (κ1) is 29.7. The van der Waals surface area contributed by atoms with Crippen molar-refractivity contribution in [3.8, 4) is 0 Å². The molecule has 34 heavy (non-hydrogen) atoms. The molecule has 0 aromatic heterocycles. The van der Waals surface area contributed by atoms with Crippen LogP contribution in [0.15, 0.2) is 12.2 Å². The maximum Gasteiger partial charge on any atom is 0.168 e. The molecule has 0 amide bonds. The minimum absolute atomic E-state index is 0.112. The van der Waals surface area contributed by atoms with Gasteiger partial charge in [0.15, 0.2) is 5.79 Å². The van der Waals surface area contributed by atoms with Gasteiger partial charge in [0.05, 0.1) is 25.4 Å². The summed E-state index contributed by atoms with van der Waals surface area (Å²) in [7, 11) is 0. The topological polar surface area (TPSA) is 88.4 Å². The first-order chi connectivity index (χ1) is 16.5. The van der Waals surface area contributed by atoms with Crippen LogP contribution in [-0.2, 0) is 14.4 Å². The molecule has 2 fully saturated rings. The van der Waals surface area contributed by atoms with Crippen LogP contribution < -0.4 is 0 Å². The fourth-order valence-corrected chi connectivity index (χ4v) is 5.90. The molecule has 6 heteroatoms. The zero-order chi connectivity index (χ0) is 24.8. The SMILES string of the molecule is CCCCCCCC1(CC[C@H]2[C@H](CO)C[C@H](O)[C@@H]2C/C=C\CCCC(OO)C(C)C)OCCO1. The molecular formula is C28H52O6. The molecule has 1 aliphatic heterocycles. The summed E-state index contributed by atoms with van der Waals surface area (Å²) in [6.07, 6.45) is 17.0. The first-order valence-electron chi connectivity index (χ1n) is 14.0. The van der Waals surface area contributed by atoms with Crippen LogP contribution in [0.25, 0.3) is 0 Å². The van der Waals surface area contributed by atoms with E-state index in [0.717, 1.165) is 51.4 Å². The standard InChI is InChI=1S/C28H52O6/c1-4-5-6-9-12-16-28(32-18-19-33-28)17-15-24-23(21-29)20-26(30)25(24)13-10-7-8-11-14-27(34-31)22(2)3/h7,10,22-27,29-31H,4-6,8-9,11-21H2,1-3H3/b10-7-/t23-,24-,25+,26-,27?/m0/s1. The normalized spacial score (nSPS) is 27.9. The average Bonchev–Trinajstić information content (AvgIpc) is 3.41. The zero-order valence-electron chi connectivity index (χ0n) is 22.0. The molecule has 1 saturated heterocycles. The number of rotatable bonds is 18. The Kier molecular flexibility index (Phi) is 14.2. The van der Waals surface area contributed by atoms with E-state index in [1.54, 1.807) is 0 Å². The lowest BCUT2D eigenvalue weighted by molar-refractivity contribution is -0.289. The number of aliphatic hydroxyl groups is 2. The summed E-state index contributed by atoms with van der Waals surface area (Å²) < 4.78 is 12.2. The van der Waals surface area contributed by atoms with Crippen molar-refractivity contribution in [2.75, 3.05) is 19.8 Å². The number of allylic oxidation sites excluding steroid dienone is 2. The van der Waals surface area contributed by atoms with Crippen LogP contribution in [0.4, 0.5) is 0 Å². The van der Waals surface area contributed by atoms with Crippen LogP contribution in [0.2, 0.25) is 0 Å². The van der Waals surface area contributed by atoms with Gasteiger partial charge in [-0.25, -0.2) is 4.89 Å². The summed E-state index contributed by atoms with van der Waals surface area (Å²) in [5, 5.41) is 29.7. The minimum Gasteiger partial charge on any atom is -0.396 e. The van der Waals surface area contributed by atoms with Gasteiger partial charge in [0, 0.05) is 19.4 Å². The monoisotopic (exact) mass is 484 g/mol. The molecule has 1 aliphatic carbocycles. The number of ether oxygens (including phenoxy) is 2. The van der Waals surface area contributed by atoms with Gasteiger partial charge in [0.2, 0.25) is 0 Å². The van der Waals surface area contributed by atoms with Gasteiger partial charge in [-0.05, 0) is 68.6 Å². The molecule has 2 aliphatic rings. The van der Waals surface area contributed by atoms with Crippen LogP contribution in [0.3, 0.4) is 0 Å². The third kappa shape index (κ3) is 9.51. The zero-order valence-corrected chi connectivity index (χ0v) is 22.0. The highest BCUT2D eigenvalue weighted by Gasteiger charge is 2.44. The highest BCUT2D eigenvalue weighted by atomic mass is 17.1. The molecule has 6 nitrogen and oxygen atoms in total. The fraction of sp³-hybridized carbons (Fsp3) is 0.929. The van der Waals surface area contributed by atoms with E-state index in [9.17, 15) is 10.2 Å². The van der Waals surface area contributed by atoms with Gasteiger partial charge < -0.3 is 19.7 Å². The van der Waals surface area contributed by atoms with Crippen molar-refractivity contribution < 1.29 is 29.8 Å². The largest absolute Gasteiger partial charge is 0.396 e. The van der Waals surface area contributed by atoms with Crippen LogP contribution in [0, 0.1) is 23.7 Å². The maximum atomic E-state index is 10.8. The van der Waals surface area contributed by atoms with Gasteiger partial charge in [-0.1, -0.05) is 58.6 Å². The lowest BCUT2D eigenvalue weighted by Gasteiger charge is -2.31.